The van der Waals surface area contributed by atoms with Crippen molar-refractivity contribution < 1.29 is 8.83 Å². The molecule has 9 aromatic carbocycles. The third kappa shape index (κ3) is 8.19. The summed E-state index contributed by atoms with van der Waals surface area (Å²) in [5.74, 6) is 0. The first kappa shape index (κ1) is 47.0. The summed E-state index contributed by atoms with van der Waals surface area (Å²) in [6.45, 7) is 31.6. The van der Waals surface area contributed by atoms with E-state index in [1.807, 2.05) is 0 Å². The molecule has 0 aliphatic carbocycles. The number of hydrogen-bond donors (Lipinski definition) is 0. The molecule has 0 aliphatic rings. The van der Waals surface area contributed by atoms with E-state index in [1.54, 1.807) is 0 Å². The van der Waals surface area contributed by atoms with Crippen molar-refractivity contribution in [3.05, 3.63) is 191 Å². The molecule has 0 atom stereocenters. The lowest BCUT2D eigenvalue weighted by atomic mass is 9.86. The Hall–Kier alpha value is -7.30. The number of aryl methyl sites for hydroxylation is 2. The first-order valence-corrected chi connectivity index (χ1v) is 25.7. The minimum Gasteiger partial charge on any atom is -0.456 e. The molecule has 4 heteroatoms. The molecule has 0 unspecified atom stereocenters. The van der Waals surface area contributed by atoms with Crippen molar-refractivity contribution in [3.8, 4) is 0 Å². The van der Waals surface area contributed by atoms with Crippen molar-refractivity contribution in [2.75, 3.05) is 9.80 Å². The van der Waals surface area contributed by atoms with Gasteiger partial charge in [-0.05, 0) is 182 Å². The molecule has 362 valence electrons. The highest BCUT2D eigenvalue weighted by atomic mass is 16.3. The van der Waals surface area contributed by atoms with E-state index in [4.69, 9.17) is 8.83 Å². The predicted octanol–water partition coefficient (Wildman–Crippen LogP) is 20.5. The second-order valence-electron chi connectivity index (χ2n) is 24.5. The highest BCUT2D eigenvalue weighted by Crippen LogP contribution is 2.46. The van der Waals surface area contributed by atoms with Gasteiger partial charge in [-0.2, -0.15) is 0 Å². The zero-order valence-electron chi connectivity index (χ0n) is 44.7. The van der Waals surface area contributed by atoms with Crippen molar-refractivity contribution in [1.82, 2.24) is 0 Å². The van der Waals surface area contributed by atoms with Gasteiger partial charge in [-0.25, -0.2) is 0 Å². The zero-order chi connectivity index (χ0) is 50.8. The summed E-state index contributed by atoms with van der Waals surface area (Å²) in [5, 5.41) is 9.10. The Kier molecular flexibility index (Phi) is 10.9. The van der Waals surface area contributed by atoms with E-state index in [0.717, 1.165) is 94.3 Å². The molecule has 2 aromatic heterocycles. The first-order chi connectivity index (χ1) is 34.0. The van der Waals surface area contributed by atoms with Gasteiger partial charge in [0.1, 0.15) is 22.3 Å². The normalized spacial score (nSPS) is 12.9. The number of anilines is 6. The highest BCUT2D eigenvalue weighted by molar-refractivity contribution is 6.22. The maximum absolute atomic E-state index is 6.91. The van der Waals surface area contributed by atoms with Crippen LogP contribution in [0.4, 0.5) is 34.1 Å². The third-order valence-electron chi connectivity index (χ3n) is 15.2. The second-order valence-corrected chi connectivity index (χ2v) is 24.5. The van der Waals surface area contributed by atoms with E-state index in [9.17, 15) is 0 Å². The van der Waals surface area contributed by atoms with Crippen molar-refractivity contribution >= 4 is 99.5 Å². The predicted molar refractivity (Wildman–Crippen MR) is 310 cm³/mol. The average molecular weight is 945 g/mol. The van der Waals surface area contributed by atoms with E-state index in [1.165, 1.54) is 38.6 Å². The van der Waals surface area contributed by atoms with Crippen LogP contribution in [-0.4, -0.2) is 0 Å². The van der Waals surface area contributed by atoms with E-state index in [-0.39, 0.29) is 21.7 Å². The Bertz CT molecular complexity index is 3510. The van der Waals surface area contributed by atoms with E-state index < -0.39 is 0 Å². The number of furan rings is 2. The van der Waals surface area contributed by atoms with Crippen LogP contribution >= 0.6 is 0 Å². The smallest absolute Gasteiger partial charge is 0.142 e. The Labute approximate surface area is 425 Å². The quantitative estimate of drug-likeness (QED) is 0.166. The van der Waals surface area contributed by atoms with Crippen LogP contribution in [-0.2, 0) is 21.7 Å². The lowest BCUT2D eigenvalue weighted by Gasteiger charge is -2.28. The minimum absolute atomic E-state index is 0.0634. The van der Waals surface area contributed by atoms with Gasteiger partial charge in [0.05, 0.1) is 0 Å². The summed E-state index contributed by atoms with van der Waals surface area (Å²) >= 11 is 0. The first-order valence-electron chi connectivity index (χ1n) is 25.7. The second kappa shape index (κ2) is 16.6. The molecule has 0 aliphatic heterocycles. The van der Waals surface area contributed by atoms with Crippen LogP contribution in [0.1, 0.15) is 116 Å². The molecule has 11 aromatic rings. The maximum atomic E-state index is 6.91. The standard InChI is InChI=1S/C68H68N2O2/c1-41-61-57-37-43-15-25-55(69(51-27-17-47(18-28-51)65(3,4)5)52-29-19-48(20-30-52)66(6,7)8)35-45(43)39-59(57)71-63(61)42(2)64-62(41)58-38-44-16-26-56(36-46(44)40-60(58)72-64)70(53-31-21-49(22-32-53)67(9,10)11)54-33-23-50(24-34-54)68(12,13)14/h15-40H,1-14H3. The number of fused-ring (bicyclic) bond motifs is 8. The molecule has 0 radical (unpaired) electrons. The monoisotopic (exact) mass is 945 g/mol. The highest BCUT2D eigenvalue weighted by Gasteiger charge is 2.25. The SMILES string of the molecule is Cc1c2oc3cc4cc(N(c5ccc(C(C)(C)C)cc5)c5ccc(C(C)(C)C)cc5)ccc4cc3c2c(C)c2c1oc1cc3cc(N(c4ccc(C(C)(C)C)cc4)c4ccc(C(C)(C)C)cc4)ccc3cc12. The molecule has 0 bridgehead atoms. The molecule has 11 rings (SSSR count). The van der Waals surface area contributed by atoms with Crippen molar-refractivity contribution in [2.24, 2.45) is 0 Å². The fourth-order valence-corrected chi connectivity index (χ4v) is 10.8. The van der Waals surface area contributed by atoms with Gasteiger partial charge in [0.2, 0.25) is 0 Å². The van der Waals surface area contributed by atoms with Gasteiger partial charge in [-0.1, -0.05) is 144 Å². The minimum atomic E-state index is 0.0634. The summed E-state index contributed by atoms with van der Waals surface area (Å²) in [5.41, 5.74) is 17.9. The van der Waals surface area contributed by atoms with Gasteiger partial charge >= 0.3 is 0 Å². The fourth-order valence-electron chi connectivity index (χ4n) is 10.8. The van der Waals surface area contributed by atoms with Crippen LogP contribution in [0, 0.1) is 13.8 Å². The van der Waals surface area contributed by atoms with Gasteiger partial charge in [0.15, 0.2) is 0 Å². The summed E-state index contributed by atoms with van der Waals surface area (Å²) < 4.78 is 13.8. The zero-order valence-corrected chi connectivity index (χ0v) is 44.7. The van der Waals surface area contributed by atoms with E-state index in [0.29, 0.717) is 0 Å². The Morgan fingerprint density at radius 3 is 0.847 bits per heavy atom. The summed E-state index contributed by atoms with van der Waals surface area (Å²) in [7, 11) is 0. The summed E-state index contributed by atoms with van der Waals surface area (Å²) in [4.78, 5) is 4.74. The van der Waals surface area contributed by atoms with Crippen molar-refractivity contribution in [1.29, 1.82) is 0 Å². The lowest BCUT2D eigenvalue weighted by Crippen LogP contribution is -2.14. The molecule has 4 nitrogen and oxygen atoms in total. The van der Waals surface area contributed by atoms with Crippen LogP contribution in [0.2, 0.25) is 0 Å². The average Bonchev–Trinajstić information content (AvgIpc) is 3.90. The lowest BCUT2D eigenvalue weighted by molar-refractivity contribution is 0.590. The van der Waals surface area contributed by atoms with Crippen molar-refractivity contribution in [2.45, 2.75) is 119 Å². The molecule has 0 saturated heterocycles. The Morgan fingerprint density at radius 2 is 0.569 bits per heavy atom. The maximum Gasteiger partial charge on any atom is 0.142 e. The molecule has 0 amide bonds. The van der Waals surface area contributed by atoms with Gasteiger partial charge in [-0.15, -0.1) is 0 Å². The van der Waals surface area contributed by atoms with Gasteiger partial charge in [0, 0.05) is 61.2 Å². The van der Waals surface area contributed by atoms with Gasteiger partial charge in [0.25, 0.3) is 0 Å². The van der Waals surface area contributed by atoms with Gasteiger partial charge in [-0.3, -0.25) is 0 Å². The van der Waals surface area contributed by atoms with Crippen LogP contribution in [0.15, 0.2) is 167 Å². The number of nitrogens with zero attached hydrogens (tertiary/aromatic N) is 2. The molecule has 0 spiro atoms. The van der Waals surface area contributed by atoms with Crippen LogP contribution < -0.4 is 9.80 Å². The van der Waals surface area contributed by atoms with Crippen LogP contribution in [0.5, 0.6) is 0 Å². The van der Waals surface area contributed by atoms with Crippen LogP contribution in [0.25, 0.3) is 65.4 Å². The van der Waals surface area contributed by atoms with Crippen molar-refractivity contribution in [3.63, 3.8) is 0 Å². The topological polar surface area (TPSA) is 32.8 Å². The molecular weight excluding hydrogens is 877 g/mol. The third-order valence-corrected chi connectivity index (χ3v) is 15.2. The van der Waals surface area contributed by atoms with Crippen LogP contribution in [0.3, 0.4) is 0 Å². The summed E-state index contributed by atoms with van der Waals surface area (Å²) in [6, 6.07) is 58.9. The largest absolute Gasteiger partial charge is 0.456 e. The number of benzene rings is 9. The molecule has 72 heavy (non-hydrogen) atoms. The van der Waals surface area contributed by atoms with E-state index in [2.05, 4.69) is 264 Å². The van der Waals surface area contributed by atoms with E-state index >= 15 is 0 Å². The molecule has 2 heterocycles. The van der Waals surface area contributed by atoms with Gasteiger partial charge < -0.3 is 18.6 Å². The number of rotatable bonds is 6. The fraction of sp³-hybridized carbons (Fsp3) is 0.265. The molecule has 0 N–H and O–H groups in total. The molecule has 0 fully saturated rings. The molecule has 0 saturated carbocycles. The Morgan fingerprint density at radius 1 is 0.292 bits per heavy atom. The summed E-state index contributed by atoms with van der Waals surface area (Å²) in [6.07, 6.45) is 0. The number of hydrogen-bond acceptors (Lipinski definition) is 4. The molecular formula is C68H68N2O2. The Balaban J connectivity index is 1.00.